The van der Waals surface area contributed by atoms with Crippen LogP contribution in [-0.4, -0.2) is 23.0 Å². The maximum Gasteiger partial charge on any atom is 0.336 e. The van der Waals surface area contributed by atoms with Crippen LogP contribution in [0.4, 0.5) is 0 Å². The number of rotatable bonds is 5. The third kappa shape index (κ3) is 2.82. The van der Waals surface area contributed by atoms with Crippen LogP contribution < -0.4 is 5.32 Å². The third-order valence-corrected chi connectivity index (χ3v) is 6.44. The first-order valence-electron chi connectivity index (χ1n) is 10.7. The largest absolute Gasteiger partial charge is 0.478 e. The second-order valence-electron chi connectivity index (χ2n) is 8.07. The third-order valence-electron chi connectivity index (χ3n) is 6.44. The molecule has 4 heteroatoms. The Kier molecular flexibility index (Phi) is 4.51. The first-order chi connectivity index (χ1) is 15.0. The summed E-state index contributed by atoms with van der Waals surface area (Å²) in [6.45, 7) is 4.07. The number of carbonyl (C=O) groups is 2. The lowest BCUT2D eigenvalue weighted by Gasteiger charge is -2.19. The zero-order valence-electron chi connectivity index (χ0n) is 17.5. The Morgan fingerprint density at radius 3 is 1.84 bits per heavy atom. The van der Waals surface area contributed by atoms with Gasteiger partial charge < -0.3 is 10.4 Å². The molecule has 0 spiro atoms. The number of carboxylic acid groups (broad SMARTS) is 1. The highest BCUT2D eigenvalue weighted by molar-refractivity contribution is 6.36. The molecule has 1 amide bonds. The zero-order valence-corrected chi connectivity index (χ0v) is 17.5. The lowest BCUT2D eigenvalue weighted by Crippen LogP contribution is -2.34. The van der Waals surface area contributed by atoms with E-state index in [0.717, 1.165) is 50.5 Å². The van der Waals surface area contributed by atoms with Crippen LogP contribution in [0.5, 0.6) is 0 Å². The molecule has 5 aromatic carbocycles. The smallest absolute Gasteiger partial charge is 0.336 e. The minimum atomic E-state index is -1.03. The molecule has 0 aliphatic carbocycles. The van der Waals surface area contributed by atoms with E-state index >= 15 is 0 Å². The fourth-order valence-electron chi connectivity index (χ4n) is 4.86. The topological polar surface area (TPSA) is 66.4 Å². The van der Waals surface area contributed by atoms with Crippen molar-refractivity contribution in [3.05, 3.63) is 71.8 Å². The summed E-state index contributed by atoms with van der Waals surface area (Å²) < 4.78 is 0. The molecule has 0 aliphatic heterocycles. The fourth-order valence-corrected chi connectivity index (χ4v) is 4.86. The van der Waals surface area contributed by atoms with Crippen molar-refractivity contribution in [2.75, 3.05) is 0 Å². The summed E-state index contributed by atoms with van der Waals surface area (Å²) in [4.78, 5) is 25.4. The Morgan fingerprint density at radius 1 is 0.742 bits per heavy atom. The molecule has 0 atom stereocenters. The Morgan fingerprint density at radius 2 is 1.29 bits per heavy atom. The van der Waals surface area contributed by atoms with E-state index in [4.69, 9.17) is 0 Å². The summed E-state index contributed by atoms with van der Waals surface area (Å²) >= 11 is 0. The quantitative estimate of drug-likeness (QED) is 0.262. The molecule has 0 bridgehead atoms. The second-order valence-corrected chi connectivity index (χ2v) is 8.07. The van der Waals surface area contributed by atoms with E-state index < -0.39 is 5.97 Å². The van der Waals surface area contributed by atoms with E-state index in [1.54, 1.807) is 12.1 Å². The van der Waals surface area contributed by atoms with Gasteiger partial charge in [-0.25, -0.2) is 4.79 Å². The van der Waals surface area contributed by atoms with E-state index in [2.05, 4.69) is 29.6 Å². The van der Waals surface area contributed by atoms with Gasteiger partial charge in [0.1, 0.15) is 0 Å². The van der Waals surface area contributed by atoms with Gasteiger partial charge in [0.25, 0.3) is 5.91 Å². The van der Waals surface area contributed by atoms with Crippen LogP contribution in [0.25, 0.3) is 43.1 Å². The standard InChI is InChI=1S/C27H23NO3/c1-3-16(4-2)28-26(29)21-13-11-19-17-9-5-7-15-8-6-10-18(23(15)17)20-12-14-22(27(30)31)25(21)24(19)20/h5-14,16H,3-4H2,1-2H3,(H,28,29)(H,30,31). The molecule has 0 radical (unpaired) electrons. The van der Waals surface area contributed by atoms with Crippen molar-refractivity contribution in [2.24, 2.45) is 0 Å². The van der Waals surface area contributed by atoms with E-state index in [1.165, 1.54) is 0 Å². The molecule has 31 heavy (non-hydrogen) atoms. The summed E-state index contributed by atoms with van der Waals surface area (Å²) in [5.74, 6) is -1.26. The molecule has 0 aliphatic rings. The lowest BCUT2D eigenvalue weighted by atomic mass is 9.86. The van der Waals surface area contributed by atoms with Gasteiger partial charge in [0.05, 0.1) is 5.56 Å². The van der Waals surface area contributed by atoms with Gasteiger partial charge in [0.2, 0.25) is 0 Å². The van der Waals surface area contributed by atoms with E-state index in [0.29, 0.717) is 10.9 Å². The number of carboxylic acids is 1. The molecular weight excluding hydrogens is 386 g/mol. The highest BCUT2D eigenvalue weighted by Crippen LogP contribution is 2.42. The van der Waals surface area contributed by atoms with Gasteiger partial charge in [-0.2, -0.15) is 0 Å². The molecule has 5 aromatic rings. The summed E-state index contributed by atoms with van der Waals surface area (Å²) in [6.07, 6.45) is 1.65. The number of carbonyl (C=O) groups excluding carboxylic acids is 1. The van der Waals surface area contributed by atoms with Crippen LogP contribution in [-0.2, 0) is 0 Å². The SMILES string of the molecule is CCC(CC)NC(=O)c1ccc2c3cccc4cccc(c5ccc(C(=O)O)c1c52)c43. The van der Waals surface area contributed by atoms with Crippen LogP contribution in [0, 0.1) is 0 Å². The van der Waals surface area contributed by atoms with Crippen molar-refractivity contribution in [3.63, 3.8) is 0 Å². The van der Waals surface area contributed by atoms with Gasteiger partial charge in [-0.15, -0.1) is 0 Å². The van der Waals surface area contributed by atoms with Crippen molar-refractivity contribution in [2.45, 2.75) is 32.7 Å². The molecule has 0 saturated carbocycles. The van der Waals surface area contributed by atoms with Crippen molar-refractivity contribution in [3.8, 4) is 0 Å². The van der Waals surface area contributed by atoms with Crippen LogP contribution in [0.2, 0.25) is 0 Å². The first-order valence-corrected chi connectivity index (χ1v) is 10.7. The number of aromatic carboxylic acids is 1. The fraction of sp³-hybridized carbons (Fsp3) is 0.185. The van der Waals surface area contributed by atoms with E-state index in [9.17, 15) is 14.7 Å². The van der Waals surface area contributed by atoms with Crippen molar-refractivity contribution >= 4 is 55.0 Å². The van der Waals surface area contributed by atoms with Gasteiger partial charge in [-0.1, -0.05) is 62.4 Å². The van der Waals surface area contributed by atoms with E-state index in [-0.39, 0.29) is 17.5 Å². The Labute approximate surface area is 179 Å². The van der Waals surface area contributed by atoms with Crippen molar-refractivity contribution in [1.29, 1.82) is 0 Å². The van der Waals surface area contributed by atoms with Gasteiger partial charge >= 0.3 is 5.97 Å². The van der Waals surface area contributed by atoms with Gasteiger partial charge in [0.15, 0.2) is 0 Å². The predicted molar refractivity (Wildman–Crippen MR) is 126 cm³/mol. The molecule has 2 N–H and O–H groups in total. The number of hydrogen-bond acceptors (Lipinski definition) is 2. The first kappa shape index (κ1) is 19.3. The average molecular weight is 409 g/mol. The average Bonchev–Trinajstić information content (AvgIpc) is 2.79. The van der Waals surface area contributed by atoms with Gasteiger partial charge in [0, 0.05) is 17.0 Å². The number of nitrogens with one attached hydrogen (secondary N) is 1. The summed E-state index contributed by atoms with van der Waals surface area (Å²) in [5.41, 5.74) is 0.568. The minimum Gasteiger partial charge on any atom is -0.478 e. The molecule has 0 heterocycles. The Balaban J connectivity index is 1.94. The summed E-state index contributed by atoms with van der Waals surface area (Å²) in [5, 5.41) is 20.8. The number of benzene rings is 5. The minimum absolute atomic E-state index is 0.0565. The lowest BCUT2D eigenvalue weighted by molar-refractivity contribution is 0.0699. The monoisotopic (exact) mass is 409 g/mol. The normalized spacial score (nSPS) is 11.8. The molecule has 0 unspecified atom stereocenters. The molecule has 154 valence electrons. The van der Waals surface area contributed by atoms with Crippen molar-refractivity contribution < 1.29 is 14.7 Å². The van der Waals surface area contributed by atoms with Gasteiger partial charge in [-0.05, 0) is 62.7 Å². The number of fused-ring (bicyclic) bond motifs is 2. The van der Waals surface area contributed by atoms with Crippen LogP contribution in [0.15, 0.2) is 60.7 Å². The molecule has 0 fully saturated rings. The predicted octanol–water partition coefficient (Wildman–Crippen LogP) is 6.35. The highest BCUT2D eigenvalue weighted by Gasteiger charge is 2.22. The molecule has 0 aromatic heterocycles. The highest BCUT2D eigenvalue weighted by atomic mass is 16.4. The summed E-state index contributed by atoms with van der Waals surface area (Å²) in [7, 11) is 0. The molecule has 4 nitrogen and oxygen atoms in total. The summed E-state index contributed by atoms with van der Waals surface area (Å²) in [6, 6.07) is 19.7. The number of hydrogen-bond donors (Lipinski definition) is 2. The maximum atomic E-state index is 13.2. The molecule has 5 rings (SSSR count). The van der Waals surface area contributed by atoms with Crippen molar-refractivity contribution in [1.82, 2.24) is 5.32 Å². The Hall–Kier alpha value is -3.66. The van der Waals surface area contributed by atoms with Gasteiger partial charge in [-0.3, -0.25) is 4.79 Å². The zero-order chi connectivity index (χ0) is 21.7. The maximum absolute atomic E-state index is 13.2. The van der Waals surface area contributed by atoms with E-state index in [1.807, 2.05) is 38.1 Å². The number of amides is 1. The second kappa shape index (κ2) is 7.24. The molecular formula is C27H23NO3. The molecule has 0 saturated heterocycles. The van der Waals surface area contributed by atoms with Crippen LogP contribution in [0.3, 0.4) is 0 Å². The Bertz CT molecular complexity index is 1430. The van der Waals surface area contributed by atoms with Crippen LogP contribution in [0.1, 0.15) is 47.4 Å². The van der Waals surface area contributed by atoms with Crippen LogP contribution >= 0.6 is 0 Å².